The summed E-state index contributed by atoms with van der Waals surface area (Å²) in [6, 6.07) is 2.02. The van der Waals surface area contributed by atoms with Crippen molar-refractivity contribution in [2.24, 2.45) is 16.8 Å². The van der Waals surface area contributed by atoms with Crippen LogP contribution in [0.25, 0.3) is 0 Å². The van der Waals surface area contributed by atoms with E-state index in [1.807, 2.05) is 13.1 Å². The van der Waals surface area contributed by atoms with Crippen molar-refractivity contribution in [2.75, 3.05) is 18.5 Å². The van der Waals surface area contributed by atoms with E-state index in [1.54, 1.807) is 0 Å². The lowest BCUT2D eigenvalue weighted by molar-refractivity contribution is 0.318. The van der Waals surface area contributed by atoms with E-state index in [0.29, 0.717) is 5.92 Å². The Labute approximate surface area is 114 Å². The molecule has 0 bridgehead atoms. The zero-order chi connectivity index (χ0) is 14.0. The van der Waals surface area contributed by atoms with Gasteiger partial charge in [0, 0.05) is 19.3 Å². The van der Waals surface area contributed by atoms with E-state index in [-0.39, 0.29) is 5.84 Å². The van der Waals surface area contributed by atoms with E-state index in [2.05, 4.69) is 23.9 Å². The Morgan fingerprint density at radius 1 is 1.53 bits per heavy atom. The van der Waals surface area contributed by atoms with E-state index < -0.39 is 0 Å². The summed E-state index contributed by atoms with van der Waals surface area (Å²) in [7, 11) is 2.00. The molecule has 0 unspecified atom stereocenters. The van der Waals surface area contributed by atoms with Crippen molar-refractivity contribution in [2.45, 2.75) is 33.1 Å². The molecule has 0 fully saturated rings. The maximum Gasteiger partial charge on any atom is 0.173 e. The summed E-state index contributed by atoms with van der Waals surface area (Å²) in [5, 5.41) is 12.1. The second-order valence-corrected chi connectivity index (χ2v) is 5.58. The maximum atomic E-state index is 8.94. The smallest absolute Gasteiger partial charge is 0.173 e. The number of hydrogen-bond acceptors (Lipinski definition) is 4. The van der Waals surface area contributed by atoms with Gasteiger partial charge in [0.15, 0.2) is 5.84 Å². The molecule has 1 aliphatic rings. The Kier molecular flexibility index (Phi) is 3.93. The number of hydrogen-bond donors (Lipinski definition) is 2. The molecule has 2 rings (SSSR count). The van der Waals surface area contributed by atoms with E-state index in [1.165, 1.54) is 5.56 Å². The molecule has 1 aromatic rings. The first-order valence-electron chi connectivity index (χ1n) is 6.74. The van der Waals surface area contributed by atoms with Crippen LogP contribution in [0, 0.1) is 5.92 Å². The third kappa shape index (κ3) is 2.80. The van der Waals surface area contributed by atoms with E-state index in [4.69, 9.17) is 15.9 Å². The molecule has 104 valence electrons. The number of rotatable bonds is 4. The van der Waals surface area contributed by atoms with Gasteiger partial charge in [-0.1, -0.05) is 19.0 Å². The van der Waals surface area contributed by atoms with Crippen molar-refractivity contribution in [1.29, 1.82) is 0 Å². The van der Waals surface area contributed by atoms with Gasteiger partial charge in [0.25, 0.3) is 0 Å². The number of amidine groups is 1. The minimum atomic E-state index is 0.132. The average Bonchev–Trinajstić information content (AvgIpc) is 2.82. The molecule has 0 atom stereocenters. The predicted octanol–water partition coefficient (Wildman–Crippen LogP) is 1.76. The first-order valence-corrected chi connectivity index (χ1v) is 6.74. The van der Waals surface area contributed by atoms with E-state index >= 15 is 0 Å². The molecule has 3 N–H and O–H groups in total. The van der Waals surface area contributed by atoms with Gasteiger partial charge < -0.3 is 15.8 Å². The summed E-state index contributed by atoms with van der Waals surface area (Å²) in [6.07, 6.45) is 3.19. The number of aromatic nitrogens is 1. The highest BCUT2D eigenvalue weighted by Gasteiger charge is 2.20. The molecule has 1 heterocycles. The Bertz CT molecular complexity index is 496. The van der Waals surface area contributed by atoms with Crippen LogP contribution in [-0.2, 0) is 12.8 Å². The van der Waals surface area contributed by atoms with Crippen molar-refractivity contribution in [3.8, 4) is 0 Å². The minimum absolute atomic E-state index is 0.132. The lowest BCUT2D eigenvalue weighted by atomic mass is 10.1. The summed E-state index contributed by atoms with van der Waals surface area (Å²) < 4.78 is 0. The van der Waals surface area contributed by atoms with Crippen LogP contribution in [0.1, 0.15) is 37.1 Å². The molecule has 0 aromatic carbocycles. The van der Waals surface area contributed by atoms with Crippen molar-refractivity contribution < 1.29 is 5.21 Å². The third-order valence-electron chi connectivity index (χ3n) is 3.41. The molecular weight excluding hydrogens is 240 g/mol. The molecule has 0 radical (unpaired) electrons. The lowest BCUT2D eigenvalue weighted by Gasteiger charge is -2.23. The molecule has 5 nitrogen and oxygen atoms in total. The third-order valence-corrected chi connectivity index (χ3v) is 3.41. The van der Waals surface area contributed by atoms with Gasteiger partial charge >= 0.3 is 0 Å². The van der Waals surface area contributed by atoms with Gasteiger partial charge in [-0.15, -0.1) is 0 Å². The largest absolute Gasteiger partial charge is 0.409 e. The zero-order valence-corrected chi connectivity index (χ0v) is 11.8. The standard InChI is InChI=1S/C14H22N4O/c1-9(2)8-18(3)14-11(13(15)17-19)7-10-5-4-6-12(10)16-14/h7,9,19H,4-6,8H2,1-3H3,(H2,15,17). The van der Waals surface area contributed by atoms with E-state index in [0.717, 1.165) is 42.9 Å². The number of aryl methyl sites for hydroxylation is 2. The summed E-state index contributed by atoms with van der Waals surface area (Å²) in [5.74, 6) is 1.47. The molecular formula is C14H22N4O. The molecule has 1 aromatic heterocycles. The summed E-state index contributed by atoms with van der Waals surface area (Å²) in [6.45, 7) is 5.21. The quantitative estimate of drug-likeness (QED) is 0.375. The summed E-state index contributed by atoms with van der Waals surface area (Å²) >= 11 is 0. The fourth-order valence-electron chi connectivity index (χ4n) is 2.63. The second kappa shape index (κ2) is 5.47. The number of oxime groups is 1. The van der Waals surface area contributed by atoms with Gasteiger partial charge in [0.1, 0.15) is 5.82 Å². The number of nitrogens with zero attached hydrogens (tertiary/aromatic N) is 3. The Morgan fingerprint density at radius 3 is 2.89 bits per heavy atom. The van der Waals surface area contributed by atoms with E-state index in [9.17, 15) is 0 Å². The molecule has 19 heavy (non-hydrogen) atoms. The SMILES string of the molecule is CC(C)CN(C)c1nc2c(cc1C(N)=NO)CCC2. The van der Waals surface area contributed by atoms with Crippen LogP contribution in [-0.4, -0.2) is 29.6 Å². The van der Waals surface area contributed by atoms with Crippen molar-refractivity contribution >= 4 is 11.7 Å². The second-order valence-electron chi connectivity index (χ2n) is 5.58. The molecule has 0 saturated carbocycles. The Morgan fingerprint density at radius 2 is 2.26 bits per heavy atom. The fourth-order valence-corrected chi connectivity index (χ4v) is 2.63. The molecule has 0 amide bonds. The normalized spacial score (nSPS) is 14.8. The van der Waals surface area contributed by atoms with Gasteiger partial charge in [-0.05, 0) is 36.8 Å². The number of fused-ring (bicyclic) bond motifs is 1. The first kappa shape index (κ1) is 13.6. The predicted molar refractivity (Wildman–Crippen MR) is 76.9 cm³/mol. The van der Waals surface area contributed by atoms with Gasteiger partial charge in [-0.3, -0.25) is 0 Å². The number of anilines is 1. The highest BCUT2D eigenvalue weighted by Crippen LogP contribution is 2.27. The molecule has 0 saturated heterocycles. The van der Waals surface area contributed by atoms with Gasteiger partial charge in [-0.2, -0.15) is 0 Å². The Hall–Kier alpha value is -1.78. The highest BCUT2D eigenvalue weighted by molar-refractivity contribution is 6.01. The number of pyridine rings is 1. The van der Waals surface area contributed by atoms with Crippen LogP contribution in [0.5, 0.6) is 0 Å². The first-order chi connectivity index (χ1) is 9.02. The Balaban J connectivity index is 2.45. The van der Waals surface area contributed by atoms with Crippen LogP contribution < -0.4 is 10.6 Å². The van der Waals surface area contributed by atoms with Crippen molar-refractivity contribution in [1.82, 2.24) is 4.98 Å². The van der Waals surface area contributed by atoms with Crippen LogP contribution in [0.4, 0.5) is 5.82 Å². The maximum absolute atomic E-state index is 8.94. The summed E-state index contributed by atoms with van der Waals surface area (Å²) in [5.41, 5.74) is 8.90. The molecule has 0 spiro atoms. The fraction of sp³-hybridized carbons (Fsp3) is 0.571. The van der Waals surface area contributed by atoms with Crippen LogP contribution in [0.2, 0.25) is 0 Å². The van der Waals surface area contributed by atoms with Crippen molar-refractivity contribution in [3.05, 3.63) is 22.9 Å². The topological polar surface area (TPSA) is 74.7 Å². The van der Waals surface area contributed by atoms with Crippen LogP contribution >= 0.6 is 0 Å². The lowest BCUT2D eigenvalue weighted by Crippen LogP contribution is -2.28. The van der Waals surface area contributed by atoms with Crippen LogP contribution in [0.3, 0.4) is 0 Å². The van der Waals surface area contributed by atoms with Gasteiger partial charge in [0.05, 0.1) is 5.56 Å². The zero-order valence-electron chi connectivity index (χ0n) is 11.8. The van der Waals surface area contributed by atoms with Crippen LogP contribution in [0.15, 0.2) is 11.2 Å². The summed E-state index contributed by atoms with van der Waals surface area (Å²) in [4.78, 5) is 6.81. The average molecular weight is 262 g/mol. The highest BCUT2D eigenvalue weighted by atomic mass is 16.4. The molecule has 0 aliphatic heterocycles. The molecule has 1 aliphatic carbocycles. The number of nitrogens with two attached hydrogens (primary N) is 1. The van der Waals surface area contributed by atoms with Crippen molar-refractivity contribution in [3.63, 3.8) is 0 Å². The van der Waals surface area contributed by atoms with Gasteiger partial charge in [-0.25, -0.2) is 4.98 Å². The monoisotopic (exact) mass is 262 g/mol. The minimum Gasteiger partial charge on any atom is -0.409 e. The molecule has 5 heteroatoms. The van der Waals surface area contributed by atoms with Gasteiger partial charge in [0.2, 0.25) is 0 Å².